The summed E-state index contributed by atoms with van der Waals surface area (Å²) in [6.07, 6.45) is -0.103. The fourth-order valence-electron chi connectivity index (χ4n) is 1.92. The van der Waals surface area contributed by atoms with Crippen LogP contribution in [0.2, 0.25) is 0 Å². The molecule has 1 unspecified atom stereocenters. The Labute approximate surface area is 83.9 Å². The average molecular weight is 193 g/mol. The van der Waals surface area contributed by atoms with E-state index in [0.29, 0.717) is 0 Å². The van der Waals surface area contributed by atoms with Gasteiger partial charge in [0.2, 0.25) is 0 Å². The predicted molar refractivity (Wildman–Crippen MR) is 56.0 cm³/mol. The molecule has 0 aliphatic carbocycles. The molecule has 1 atom stereocenters. The van der Waals surface area contributed by atoms with Crippen molar-refractivity contribution in [2.24, 2.45) is 0 Å². The number of aliphatic hydroxyl groups excluding tert-OH is 1. The maximum Gasteiger partial charge on any atom is 0.143 e. The van der Waals surface area contributed by atoms with Gasteiger partial charge in [-0.2, -0.15) is 0 Å². The van der Waals surface area contributed by atoms with E-state index in [-0.39, 0.29) is 12.7 Å². The van der Waals surface area contributed by atoms with Crippen molar-refractivity contribution in [1.29, 1.82) is 0 Å². The molecule has 14 heavy (non-hydrogen) atoms. The van der Waals surface area contributed by atoms with Gasteiger partial charge in [0.25, 0.3) is 0 Å². The van der Waals surface area contributed by atoms with Gasteiger partial charge in [0, 0.05) is 7.05 Å². The molecule has 0 aromatic heterocycles. The third-order valence-electron chi connectivity index (χ3n) is 2.56. The van der Waals surface area contributed by atoms with Gasteiger partial charge in [-0.05, 0) is 18.6 Å². The van der Waals surface area contributed by atoms with Crippen LogP contribution in [0.25, 0.3) is 0 Å². The first kappa shape index (κ1) is 9.34. The lowest BCUT2D eigenvalue weighted by Gasteiger charge is -2.34. The molecule has 2 rings (SSSR count). The molecule has 1 aliphatic heterocycles. The van der Waals surface area contributed by atoms with Gasteiger partial charge in [0.15, 0.2) is 0 Å². The Hall–Kier alpha value is -1.22. The van der Waals surface area contributed by atoms with Crippen LogP contribution in [0.3, 0.4) is 0 Å². The quantitative estimate of drug-likeness (QED) is 0.727. The Balaban J connectivity index is 2.39. The Morgan fingerprint density at radius 3 is 3.07 bits per heavy atom. The minimum absolute atomic E-state index is 0.0672. The van der Waals surface area contributed by atoms with Crippen LogP contribution in [0.15, 0.2) is 18.2 Å². The molecular formula is C11H15NO2. The van der Waals surface area contributed by atoms with Crippen LogP contribution >= 0.6 is 0 Å². The van der Waals surface area contributed by atoms with Gasteiger partial charge < -0.3 is 14.7 Å². The summed E-state index contributed by atoms with van der Waals surface area (Å²) in [7, 11) is 2.02. The lowest BCUT2D eigenvalue weighted by Crippen LogP contribution is -2.40. The number of likely N-dealkylation sites (N-methyl/N-ethyl adjacent to an activating group) is 1. The molecule has 1 heterocycles. The van der Waals surface area contributed by atoms with Gasteiger partial charge in [-0.3, -0.25) is 0 Å². The van der Waals surface area contributed by atoms with Crippen molar-refractivity contribution in [2.75, 3.05) is 25.1 Å². The number of ether oxygens (including phenoxy) is 1. The third kappa shape index (κ3) is 1.44. The van der Waals surface area contributed by atoms with Crippen molar-refractivity contribution in [3.63, 3.8) is 0 Å². The van der Waals surface area contributed by atoms with E-state index in [1.54, 1.807) is 0 Å². The Morgan fingerprint density at radius 1 is 1.57 bits per heavy atom. The van der Waals surface area contributed by atoms with Gasteiger partial charge in [0.1, 0.15) is 11.9 Å². The molecule has 0 radical (unpaired) electrons. The summed E-state index contributed by atoms with van der Waals surface area (Å²) < 4.78 is 5.64. The van der Waals surface area contributed by atoms with Crippen LogP contribution in [-0.2, 0) is 0 Å². The van der Waals surface area contributed by atoms with Crippen molar-refractivity contribution in [3.05, 3.63) is 23.8 Å². The number of aliphatic hydroxyl groups is 1. The second-order valence-electron chi connectivity index (χ2n) is 3.72. The Bertz CT molecular complexity index is 338. The highest BCUT2D eigenvalue weighted by molar-refractivity contribution is 5.64. The fourth-order valence-corrected chi connectivity index (χ4v) is 1.92. The molecule has 0 saturated heterocycles. The first-order valence-corrected chi connectivity index (χ1v) is 4.80. The van der Waals surface area contributed by atoms with Crippen molar-refractivity contribution in [3.8, 4) is 5.75 Å². The predicted octanol–water partition coefficient (Wildman–Crippen LogP) is 1.18. The molecule has 0 fully saturated rings. The van der Waals surface area contributed by atoms with Crippen LogP contribution in [0, 0.1) is 6.92 Å². The zero-order valence-electron chi connectivity index (χ0n) is 8.53. The summed E-state index contributed by atoms with van der Waals surface area (Å²) in [4.78, 5) is 2.13. The molecule has 1 aliphatic rings. The number of fused-ring (bicyclic) bond motifs is 1. The first-order valence-electron chi connectivity index (χ1n) is 4.80. The highest BCUT2D eigenvalue weighted by Crippen LogP contribution is 2.34. The monoisotopic (exact) mass is 193 g/mol. The largest absolute Gasteiger partial charge is 0.484 e. The highest BCUT2D eigenvalue weighted by atomic mass is 16.5. The van der Waals surface area contributed by atoms with Gasteiger partial charge in [-0.15, -0.1) is 0 Å². The van der Waals surface area contributed by atoms with Gasteiger partial charge in [-0.25, -0.2) is 0 Å². The lowest BCUT2D eigenvalue weighted by atomic mass is 10.1. The fraction of sp³-hybridized carbons (Fsp3) is 0.455. The number of nitrogens with zero attached hydrogens (tertiary/aromatic N) is 1. The van der Waals surface area contributed by atoms with Gasteiger partial charge in [0.05, 0.1) is 18.8 Å². The number of anilines is 1. The van der Waals surface area contributed by atoms with Crippen LogP contribution in [0.4, 0.5) is 5.69 Å². The standard InChI is InChI=1S/C11H15NO2/c1-8-4-3-5-10-11(8)12(2)6-9(7-13)14-10/h3-5,9,13H,6-7H2,1-2H3. The van der Waals surface area contributed by atoms with Crippen LogP contribution in [0.5, 0.6) is 5.75 Å². The summed E-state index contributed by atoms with van der Waals surface area (Å²) in [5.41, 5.74) is 2.35. The van der Waals surface area contributed by atoms with Crippen LogP contribution in [0.1, 0.15) is 5.56 Å². The molecule has 0 bridgehead atoms. The van der Waals surface area contributed by atoms with Crippen molar-refractivity contribution < 1.29 is 9.84 Å². The van der Waals surface area contributed by atoms with E-state index in [1.165, 1.54) is 5.56 Å². The van der Waals surface area contributed by atoms with Gasteiger partial charge in [-0.1, -0.05) is 12.1 Å². The molecule has 1 N–H and O–H groups in total. The molecule has 0 saturated carbocycles. The van der Waals surface area contributed by atoms with Crippen molar-refractivity contribution in [2.45, 2.75) is 13.0 Å². The molecule has 1 aromatic rings. The maximum atomic E-state index is 9.05. The molecule has 3 nitrogen and oxygen atoms in total. The number of hydrogen-bond donors (Lipinski definition) is 1. The number of aryl methyl sites for hydroxylation is 1. The van der Waals surface area contributed by atoms with E-state index in [2.05, 4.69) is 17.9 Å². The zero-order valence-corrected chi connectivity index (χ0v) is 8.53. The van der Waals surface area contributed by atoms with E-state index >= 15 is 0 Å². The number of benzene rings is 1. The molecule has 0 amide bonds. The second-order valence-corrected chi connectivity index (χ2v) is 3.72. The molecule has 1 aromatic carbocycles. The SMILES string of the molecule is Cc1cccc2c1N(C)CC(CO)O2. The second kappa shape index (κ2) is 3.50. The Kier molecular flexibility index (Phi) is 2.33. The van der Waals surface area contributed by atoms with E-state index < -0.39 is 0 Å². The van der Waals surface area contributed by atoms with Crippen LogP contribution in [-0.4, -0.2) is 31.4 Å². The average Bonchev–Trinajstić information content (AvgIpc) is 2.17. The summed E-state index contributed by atoms with van der Waals surface area (Å²) in [6.45, 7) is 2.88. The van der Waals surface area contributed by atoms with Crippen LogP contribution < -0.4 is 9.64 Å². The zero-order chi connectivity index (χ0) is 10.1. The molecule has 0 spiro atoms. The summed E-state index contributed by atoms with van der Waals surface area (Å²) >= 11 is 0. The summed E-state index contributed by atoms with van der Waals surface area (Å²) in [5, 5.41) is 9.05. The van der Waals surface area contributed by atoms with E-state index in [4.69, 9.17) is 9.84 Å². The number of rotatable bonds is 1. The molecular weight excluding hydrogens is 178 g/mol. The minimum atomic E-state index is -0.103. The topological polar surface area (TPSA) is 32.7 Å². The first-order chi connectivity index (χ1) is 6.72. The maximum absolute atomic E-state index is 9.05. The van der Waals surface area contributed by atoms with Gasteiger partial charge >= 0.3 is 0 Å². The molecule has 76 valence electrons. The normalized spacial score (nSPS) is 20.2. The van der Waals surface area contributed by atoms with E-state index in [0.717, 1.165) is 18.0 Å². The van der Waals surface area contributed by atoms with Crippen molar-refractivity contribution in [1.82, 2.24) is 0 Å². The minimum Gasteiger partial charge on any atom is -0.484 e. The number of hydrogen-bond acceptors (Lipinski definition) is 3. The Morgan fingerprint density at radius 2 is 2.36 bits per heavy atom. The van der Waals surface area contributed by atoms with E-state index in [9.17, 15) is 0 Å². The summed E-state index contributed by atoms with van der Waals surface area (Å²) in [5.74, 6) is 0.873. The summed E-state index contributed by atoms with van der Waals surface area (Å²) in [6, 6.07) is 5.99. The smallest absolute Gasteiger partial charge is 0.143 e. The highest BCUT2D eigenvalue weighted by Gasteiger charge is 2.23. The van der Waals surface area contributed by atoms with E-state index in [1.807, 2.05) is 19.2 Å². The third-order valence-corrected chi connectivity index (χ3v) is 2.56. The van der Waals surface area contributed by atoms with Crippen molar-refractivity contribution >= 4 is 5.69 Å². The molecule has 3 heteroatoms. The lowest BCUT2D eigenvalue weighted by molar-refractivity contribution is 0.113. The number of para-hydroxylation sites is 1.